The van der Waals surface area contributed by atoms with E-state index in [0.29, 0.717) is 19.4 Å². The summed E-state index contributed by atoms with van der Waals surface area (Å²) in [6.45, 7) is 7.78. The molecule has 0 aromatic carbocycles. The van der Waals surface area contributed by atoms with Gasteiger partial charge in [-0.25, -0.2) is 0 Å². The van der Waals surface area contributed by atoms with E-state index in [4.69, 9.17) is 14.2 Å². The summed E-state index contributed by atoms with van der Waals surface area (Å²) in [5.74, 6) is -0.413. The standard InChI is InChI=1S/C57H104O5/c1-4-7-10-13-16-19-22-25-28-31-34-37-40-43-46-49-52-60-53-55(62-57(59)51-48-45-42-39-36-33-30-27-24-21-18-15-12-9-6-3)54-61-56(58)50-47-44-41-38-35-32-29-26-23-20-17-14-11-8-5-2/h16,19,25-30,55H,4-15,17-18,20-24,31-54H2,1-3H3/b19-16-,28-25-,29-26-,30-27-. The Morgan fingerprint density at radius 2 is 0.677 bits per heavy atom. The highest BCUT2D eigenvalue weighted by Gasteiger charge is 2.17. The molecule has 0 aliphatic rings. The SMILES string of the molecule is CCCCC/C=C\C/C=C\CCCCCCCCOCC(COC(=O)CCCCCCC/C=C\CCCCCCCC)OC(=O)CCCCCCC/C=C\CCCCCCCC. The molecule has 0 saturated heterocycles. The molecule has 362 valence electrons. The zero-order valence-electron chi connectivity index (χ0n) is 41.6. The molecule has 0 amide bonds. The minimum Gasteiger partial charge on any atom is -0.462 e. The van der Waals surface area contributed by atoms with Gasteiger partial charge in [0.25, 0.3) is 0 Å². The van der Waals surface area contributed by atoms with Crippen LogP contribution < -0.4 is 0 Å². The van der Waals surface area contributed by atoms with Crippen LogP contribution in [0.1, 0.15) is 278 Å². The second-order valence-electron chi connectivity index (χ2n) is 18.1. The van der Waals surface area contributed by atoms with E-state index in [-0.39, 0.29) is 25.2 Å². The van der Waals surface area contributed by atoms with Gasteiger partial charge in [-0.2, -0.15) is 0 Å². The zero-order valence-corrected chi connectivity index (χ0v) is 41.6. The van der Waals surface area contributed by atoms with Crippen molar-refractivity contribution in [1.82, 2.24) is 0 Å². The fourth-order valence-corrected chi connectivity index (χ4v) is 7.71. The van der Waals surface area contributed by atoms with E-state index in [2.05, 4.69) is 69.4 Å². The van der Waals surface area contributed by atoms with Gasteiger partial charge in [0, 0.05) is 19.4 Å². The first kappa shape index (κ1) is 59.9. The first-order chi connectivity index (χ1) is 30.6. The Balaban J connectivity index is 4.30. The Hall–Kier alpha value is -2.14. The van der Waals surface area contributed by atoms with Crippen molar-refractivity contribution in [2.45, 2.75) is 284 Å². The highest BCUT2D eigenvalue weighted by Crippen LogP contribution is 2.14. The minimum atomic E-state index is -0.548. The van der Waals surface area contributed by atoms with Crippen LogP contribution in [0.3, 0.4) is 0 Å². The summed E-state index contributed by atoms with van der Waals surface area (Å²) in [7, 11) is 0. The molecule has 0 radical (unpaired) electrons. The highest BCUT2D eigenvalue weighted by atomic mass is 16.6. The summed E-state index contributed by atoms with van der Waals surface area (Å²) in [4.78, 5) is 25.4. The zero-order chi connectivity index (χ0) is 44.9. The van der Waals surface area contributed by atoms with Crippen LogP contribution in [0.25, 0.3) is 0 Å². The lowest BCUT2D eigenvalue weighted by molar-refractivity contribution is -0.163. The predicted molar refractivity (Wildman–Crippen MR) is 270 cm³/mol. The maximum absolute atomic E-state index is 12.8. The number of unbranched alkanes of at least 4 members (excludes halogenated alkanes) is 31. The Bertz CT molecular complexity index is 1030. The topological polar surface area (TPSA) is 61.8 Å². The molecule has 62 heavy (non-hydrogen) atoms. The van der Waals surface area contributed by atoms with Crippen molar-refractivity contribution < 1.29 is 23.8 Å². The molecule has 1 unspecified atom stereocenters. The fraction of sp³-hybridized carbons (Fsp3) is 0.825. The van der Waals surface area contributed by atoms with Crippen LogP contribution >= 0.6 is 0 Å². The van der Waals surface area contributed by atoms with Crippen molar-refractivity contribution in [2.24, 2.45) is 0 Å². The maximum Gasteiger partial charge on any atom is 0.306 e. The van der Waals surface area contributed by atoms with Crippen molar-refractivity contribution in [1.29, 1.82) is 0 Å². The predicted octanol–water partition coefficient (Wildman–Crippen LogP) is 18.3. The number of hydrogen-bond acceptors (Lipinski definition) is 5. The fourth-order valence-electron chi connectivity index (χ4n) is 7.71. The number of allylic oxidation sites excluding steroid dienone is 8. The van der Waals surface area contributed by atoms with Crippen LogP contribution in [0.4, 0.5) is 0 Å². The molecule has 0 heterocycles. The largest absolute Gasteiger partial charge is 0.462 e. The summed E-state index contributed by atoms with van der Waals surface area (Å²) in [6.07, 6.45) is 65.4. The van der Waals surface area contributed by atoms with E-state index in [0.717, 1.165) is 70.6 Å². The summed E-state index contributed by atoms with van der Waals surface area (Å²) in [6, 6.07) is 0. The number of carbonyl (C=O) groups excluding carboxylic acids is 2. The number of carbonyl (C=O) groups is 2. The van der Waals surface area contributed by atoms with Crippen LogP contribution in [0.2, 0.25) is 0 Å². The molecular weight excluding hydrogens is 765 g/mol. The van der Waals surface area contributed by atoms with Crippen molar-refractivity contribution in [3.63, 3.8) is 0 Å². The lowest BCUT2D eigenvalue weighted by atomic mass is 10.1. The number of ether oxygens (including phenoxy) is 3. The summed E-state index contributed by atoms with van der Waals surface area (Å²) >= 11 is 0. The van der Waals surface area contributed by atoms with Gasteiger partial charge < -0.3 is 14.2 Å². The van der Waals surface area contributed by atoms with Gasteiger partial charge in [-0.3, -0.25) is 9.59 Å². The lowest BCUT2D eigenvalue weighted by Crippen LogP contribution is -2.30. The van der Waals surface area contributed by atoms with Crippen LogP contribution in [0.5, 0.6) is 0 Å². The first-order valence-corrected chi connectivity index (χ1v) is 27.2. The molecule has 5 nitrogen and oxygen atoms in total. The molecule has 0 aromatic heterocycles. The monoisotopic (exact) mass is 869 g/mol. The molecule has 1 atom stereocenters. The highest BCUT2D eigenvalue weighted by molar-refractivity contribution is 5.70. The molecule has 0 aromatic rings. The summed E-state index contributed by atoms with van der Waals surface area (Å²) < 4.78 is 17.4. The van der Waals surface area contributed by atoms with Gasteiger partial charge in [-0.15, -0.1) is 0 Å². The van der Waals surface area contributed by atoms with Gasteiger partial charge in [-0.1, -0.05) is 211 Å². The molecule has 0 fully saturated rings. The van der Waals surface area contributed by atoms with Gasteiger partial charge in [0.05, 0.1) is 6.61 Å². The van der Waals surface area contributed by atoms with Gasteiger partial charge in [-0.05, 0) is 103 Å². The van der Waals surface area contributed by atoms with Crippen molar-refractivity contribution in [3.05, 3.63) is 48.6 Å². The smallest absolute Gasteiger partial charge is 0.306 e. The van der Waals surface area contributed by atoms with E-state index < -0.39 is 6.10 Å². The van der Waals surface area contributed by atoms with E-state index in [9.17, 15) is 9.59 Å². The lowest BCUT2D eigenvalue weighted by Gasteiger charge is -2.18. The average Bonchev–Trinajstić information content (AvgIpc) is 3.27. The molecule has 5 heteroatoms. The number of rotatable bonds is 50. The van der Waals surface area contributed by atoms with Gasteiger partial charge in [0.1, 0.15) is 6.61 Å². The van der Waals surface area contributed by atoms with Crippen molar-refractivity contribution in [3.8, 4) is 0 Å². The third-order valence-corrected chi connectivity index (χ3v) is 11.8. The van der Waals surface area contributed by atoms with Gasteiger partial charge in [0.15, 0.2) is 6.10 Å². The molecule has 0 spiro atoms. The molecule has 0 aliphatic heterocycles. The van der Waals surface area contributed by atoms with Crippen LogP contribution in [-0.2, 0) is 23.8 Å². The minimum absolute atomic E-state index is 0.0751. The van der Waals surface area contributed by atoms with Crippen molar-refractivity contribution >= 4 is 11.9 Å². The van der Waals surface area contributed by atoms with Crippen LogP contribution in [-0.4, -0.2) is 37.9 Å². The summed E-state index contributed by atoms with van der Waals surface area (Å²) in [5.41, 5.74) is 0. The second kappa shape index (κ2) is 53.2. The number of hydrogen-bond donors (Lipinski definition) is 0. The molecule has 0 N–H and O–H groups in total. The summed E-state index contributed by atoms with van der Waals surface area (Å²) in [5, 5.41) is 0. The van der Waals surface area contributed by atoms with Crippen LogP contribution in [0, 0.1) is 0 Å². The molecule has 0 bridgehead atoms. The van der Waals surface area contributed by atoms with Crippen LogP contribution in [0.15, 0.2) is 48.6 Å². The van der Waals surface area contributed by atoms with Gasteiger partial charge in [0.2, 0.25) is 0 Å². The van der Waals surface area contributed by atoms with E-state index in [1.807, 2.05) is 0 Å². The molecule has 0 aliphatic carbocycles. The average molecular weight is 869 g/mol. The Morgan fingerprint density at radius 3 is 1.11 bits per heavy atom. The van der Waals surface area contributed by atoms with E-state index >= 15 is 0 Å². The van der Waals surface area contributed by atoms with E-state index in [1.54, 1.807) is 0 Å². The third-order valence-electron chi connectivity index (χ3n) is 11.8. The Kier molecular flexibility index (Phi) is 51.4. The molecule has 0 rings (SSSR count). The Labute approximate surface area is 386 Å². The second-order valence-corrected chi connectivity index (χ2v) is 18.1. The van der Waals surface area contributed by atoms with E-state index in [1.165, 1.54) is 173 Å². The molecule has 0 saturated carbocycles. The van der Waals surface area contributed by atoms with Crippen molar-refractivity contribution in [2.75, 3.05) is 19.8 Å². The third kappa shape index (κ3) is 50.5. The Morgan fingerprint density at radius 1 is 0.355 bits per heavy atom. The quantitative estimate of drug-likeness (QED) is 0.0346. The molecular formula is C57H104O5. The normalized spacial score (nSPS) is 12.5. The van der Waals surface area contributed by atoms with Gasteiger partial charge >= 0.3 is 11.9 Å². The number of esters is 2. The maximum atomic E-state index is 12.8. The first-order valence-electron chi connectivity index (χ1n) is 27.2.